The Kier molecular flexibility index (Phi) is 5.67. The van der Waals surface area contributed by atoms with Gasteiger partial charge in [-0.15, -0.1) is 0 Å². The van der Waals surface area contributed by atoms with Gasteiger partial charge in [0.2, 0.25) is 17.1 Å². The lowest BCUT2D eigenvalue weighted by Crippen LogP contribution is -2.25. The maximum absolute atomic E-state index is 12.5. The van der Waals surface area contributed by atoms with E-state index in [9.17, 15) is 15.2 Å². The highest BCUT2D eigenvalue weighted by Crippen LogP contribution is 2.44. The molecular weight excluding hydrogens is 420 g/mol. The van der Waals surface area contributed by atoms with Crippen molar-refractivity contribution < 1.29 is 19.0 Å². The third kappa shape index (κ3) is 3.87. The molecule has 2 heterocycles. The second-order valence-electron chi connectivity index (χ2n) is 6.77. The van der Waals surface area contributed by atoms with E-state index in [4.69, 9.17) is 31.2 Å². The number of halogens is 1. The molecule has 2 aromatic carbocycles. The highest BCUT2D eigenvalue weighted by molar-refractivity contribution is 6.31. The number of aliphatic hydroxyl groups excluding tert-OH is 1. The second-order valence-corrected chi connectivity index (χ2v) is 7.18. The van der Waals surface area contributed by atoms with Crippen LogP contribution in [0.2, 0.25) is 5.02 Å². The Balaban J connectivity index is 1.82. The summed E-state index contributed by atoms with van der Waals surface area (Å²) in [5, 5.41) is 19.8. The highest BCUT2D eigenvalue weighted by Gasteiger charge is 2.36. The van der Waals surface area contributed by atoms with Crippen molar-refractivity contribution in [1.29, 1.82) is 5.26 Å². The summed E-state index contributed by atoms with van der Waals surface area (Å²) < 4.78 is 17.1. The Morgan fingerprint density at radius 3 is 2.68 bits per heavy atom. The second kappa shape index (κ2) is 8.56. The number of benzene rings is 2. The van der Waals surface area contributed by atoms with Gasteiger partial charge in [-0.3, -0.25) is 4.79 Å². The average molecular weight is 437 g/mol. The molecule has 1 atom stereocenters. The maximum Gasteiger partial charge on any atom is 0.228 e. The van der Waals surface area contributed by atoms with Crippen LogP contribution in [0.25, 0.3) is 0 Å². The first-order valence-electron chi connectivity index (χ1n) is 9.34. The van der Waals surface area contributed by atoms with E-state index < -0.39 is 18.0 Å². The summed E-state index contributed by atoms with van der Waals surface area (Å²) >= 11 is 6.22. The van der Waals surface area contributed by atoms with Crippen LogP contribution < -0.4 is 20.6 Å². The zero-order valence-corrected chi connectivity index (χ0v) is 16.9. The Bertz CT molecular complexity index is 1280. The lowest BCUT2D eigenvalue weighted by Gasteiger charge is -2.26. The summed E-state index contributed by atoms with van der Waals surface area (Å²) in [6, 6.07) is 17.5. The average Bonchev–Trinajstić information content (AvgIpc) is 2.78. The molecule has 31 heavy (non-hydrogen) atoms. The molecule has 1 aromatic heterocycles. The molecule has 1 aliphatic rings. The predicted octanol–water partition coefficient (Wildman–Crippen LogP) is 3.58. The maximum atomic E-state index is 12.5. The van der Waals surface area contributed by atoms with E-state index in [1.165, 1.54) is 0 Å². The SMILES string of the molecule is N#CC1=C(N)Oc2c(oc(CO)cc2=O)C1c1ccccc1OCc1ccccc1Cl. The minimum Gasteiger partial charge on any atom is -0.489 e. The number of aliphatic hydroxyl groups is 1. The summed E-state index contributed by atoms with van der Waals surface area (Å²) in [5.41, 5.74) is 6.85. The van der Waals surface area contributed by atoms with Gasteiger partial charge in [0.15, 0.2) is 5.76 Å². The van der Waals surface area contributed by atoms with Gasteiger partial charge in [0, 0.05) is 22.2 Å². The number of para-hydroxylation sites is 1. The number of allylic oxidation sites excluding steroid dienone is 1. The van der Waals surface area contributed by atoms with Crippen molar-refractivity contribution in [1.82, 2.24) is 0 Å². The Labute approximate surface area is 182 Å². The molecule has 0 aliphatic carbocycles. The van der Waals surface area contributed by atoms with E-state index in [1.807, 2.05) is 24.3 Å². The molecule has 8 heteroatoms. The molecule has 0 fully saturated rings. The summed E-state index contributed by atoms with van der Waals surface area (Å²) in [7, 11) is 0. The molecule has 0 saturated carbocycles. The van der Waals surface area contributed by atoms with Crippen molar-refractivity contribution in [3.8, 4) is 17.6 Å². The zero-order valence-electron chi connectivity index (χ0n) is 16.2. The van der Waals surface area contributed by atoms with Crippen molar-refractivity contribution in [3.05, 3.63) is 104 Å². The molecule has 0 bridgehead atoms. The smallest absolute Gasteiger partial charge is 0.228 e. The van der Waals surface area contributed by atoms with Crippen molar-refractivity contribution in [2.75, 3.05) is 0 Å². The molecule has 0 saturated heterocycles. The summed E-state index contributed by atoms with van der Waals surface area (Å²) in [6.07, 6.45) is 0. The molecule has 0 radical (unpaired) electrons. The fourth-order valence-electron chi connectivity index (χ4n) is 3.39. The van der Waals surface area contributed by atoms with Crippen LogP contribution in [-0.4, -0.2) is 5.11 Å². The molecule has 3 aromatic rings. The number of hydrogen-bond donors (Lipinski definition) is 2. The molecule has 4 rings (SSSR count). The first-order valence-corrected chi connectivity index (χ1v) is 9.71. The van der Waals surface area contributed by atoms with Crippen molar-refractivity contribution in [2.24, 2.45) is 5.73 Å². The molecular formula is C23H17ClN2O5. The molecule has 156 valence electrons. The Hall–Kier alpha value is -3.73. The van der Waals surface area contributed by atoms with Gasteiger partial charge in [-0.05, 0) is 12.1 Å². The largest absolute Gasteiger partial charge is 0.489 e. The van der Waals surface area contributed by atoms with E-state index in [0.29, 0.717) is 16.3 Å². The number of nitrogens with zero attached hydrogens (tertiary/aromatic N) is 1. The van der Waals surface area contributed by atoms with Gasteiger partial charge >= 0.3 is 0 Å². The van der Waals surface area contributed by atoms with Gasteiger partial charge in [0.25, 0.3) is 0 Å². The van der Waals surface area contributed by atoms with Crippen LogP contribution in [-0.2, 0) is 13.2 Å². The van der Waals surface area contributed by atoms with Gasteiger partial charge in [0.1, 0.15) is 36.4 Å². The van der Waals surface area contributed by atoms with Crippen molar-refractivity contribution >= 4 is 11.6 Å². The number of hydrogen-bond acceptors (Lipinski definition) is 7. The van der Waals surface area contributed by atoms with Gasteiger partial charge in [0.05, 0.1) is 5.92 Å². The van der Waals surface area contributed by atoms with Crippen LogP contribution >= 0.6 is 11.6 Å². The van der Waals surface area contributed by atoms with E-state index in [-0.39, 0.29) is 35.3 Å². The van der Waals surface area contributed by atoms with Gasteiger partial charge < -0.3 is 24.7 Å². The first kappa shape index (κ1) is 20.5. The van der Waals surface area contributed by atoms with E-state index in [1.54, 1.807) is 30.3 Å². The summed E-state index contributed by atoms with van der Waals surface area (Å²) in [6.45, 7) is -0.296. The van der Waals surface area contributed by atoms with E-state index in [0.717, 1.165) is 11.6 Å². The number of rotatable bonds is 5. The minimum atomic E-state index is -0.851. The lowest BCUT2D eigenvalue weighted by atomic mass is 9.87. The standard InChI is InChI=1S/C23H17ClN2O5/c24-17-7-3-1-5-13(17)12-29-19-8-4-2-6-15(19)20-16(10-25)23(26)31-21-18(28)9-14(11-27)30-22(20)21/h1-9,20,27H,11-12,26H2. The zero-order chi connectivity index (χ0) is 22.0. The first-order chi connectivity index (χ1) is 15.0. The molecule has 1 aliphatic heterocycles. The predicted molar refractivity (Wildman–Crippen MR) is 112 cm³/mol. The quantitative estimate of drug-likeness (QED) is 0.627. The van der Waals surface area contributed by atoms with E-state index >= 15 is 0 Å². The third-order valence-electron chi connectivity index (χ3n) is 4.86. The number of fused-ring (bicyclic) bond motifs is 1. The topological polar surface area (TPSA) is 119 Å². The van der Waals surface area contributed by atoms with Crippen molar-refractivity contribution in [3.63, 3.8) is 0 Å². The molecule has 1 unspecified atom stereocenters. The monoisotopic (exact) mass is 436 g/mol. The number of nitriles is 1. The molecule has 7 nitrogen and oxygen atoms in total. The molecule has 0 spiro atoms. The normalized spacial score (nSPS) is 15.1. The van der Waals surface area contributed by atoms with Crippen LogP contribution in [0.1, 0.15) is 28.6 Å². The minimum absolute atomic E-state index is 0.0459. The fraction of sp³-hybridized carbons (Fsp3) is 0.130. The summed E-state index contributed by atoms with van der Waals surface area (Å²) in [4.78, 5) is 12.5. The van der Waals surface area contributed by atoms with Crippen LogP contribution in [0.3, 0.4) is 0 Å². The number of nitrogens with two attached hydrogens (primary N) is 1. The Morgan fingerprint density at radius 2 is 1.94 bits per heavy atom. The van der Waals surface area contributed by atoms with E-state index in [2.05, 4.69) is 0 Å². The molecule has 0 amide bonds. The van der Waals surface area contributed by atoms with Crippen LogP contribution in [0.15, 0.2) is 75.3 Å². The van der Waals surface area contributed by atoms with Crippen LogP contribution in [0.5, 0.6) is 11.5 Å². The number of ether oxygens (including phenoxy) is 2. The fourth-order valence-corrected chi connectivity index (χ4v) is 3.59. The van der Waals surface area contributed by atoms with Gasteiger partial charge in [-0.25, -0.2) is 0 Å². The van der Waals surface area contributed by atoms with Gasteiger partial charge in [-0.2, -0.15) is 5.26 Å². The Morgan fingerprint density at radius 1 is 1.19 bits per heavy atom. The lowest BCUT2D eigenvalue weighted by molar-refractivity contribution is 0.231. The van der Waals surface area contributed by atoms with Gasteiger partial charge in [-0.1, -0.05) is 48.0 Å². The third-order valence-corrected chi connectivity index (χ3v) is 5.23. The van der Waals surface area contributed by atoms with Crippen LogP contribution in [0.4, 0.5) is 0 Å². The highest BCUT2D eigenvalue weighted by atomic mass is 35.5. The summed E-state index contributed by atoms with van der Waals surface area (Å²) in [5.74, 6) is -0.585. The van der Waals surface area contributed by atoms with Crippen LogP contribution in [0, 0.1) is 11.3 Å². The molecule has 3 N–H and O–H groups in total. The van der Waals surface area contributed by atoms with Crippen molar-refractivity contribution in [2.45, 2.75) is 19.1 Å².